The van der Waals surface area contributed by atoms with Crippen molar-refractivity contribution >= 4 is 0 Å². The van der Waals surface area contributed by atoms with Crippen LogP contribution in [-0.4, -0.2) is 46.9 Å². The molecule has 17 heavy (non-hydrogen) atoms. The molecule has 2 rings (SSSR count). The van der Waals surface area contributed by atoms with E-state index in [1.165, 1.54) is 24.9 Å². The molecule has 1 N–H and O–H groups in total. The van der Waals surface area contributed by atoms with Gasteiger partial charge in [0.15, 0.2) is 0 Å². The Morgan fingerprint density at radius 3 is 3.00 bits per heavy atom. The minimum Gasteiger partial charge on any atom is -0.312 e. The van der Waals surface area contributed by atoms with Gasteiger partial charge in [-0.25, -0.2) is 0 Å². The monoisotopic (exact) mass is 236 g/mol. The molecule has 0 bridgehead atoms. The lowest BCUT2D eigenvalue weighted by Gasteiger charge is -2.35. The topological polar surface area (TPSA) is 33.1 Å². The van der Waals surface area contributed by atoms with Gasteiger partial charge < -0.3 is 10.2 Å². The molecule has 0 radical (unpaired) electrons. The van der Waals surface area contributed by atoms with Crippen molar-refractivity contribution in [1.82, 2.24) is 20.0 Å². The number of nitrogens with zero attached hydrogens (tertiary/aromatic N) is 3. The number of hydrogen-bond donors (Lipinski definition) is 1. The highest BCUT2D eigenvalue weighted by molar-refractivity contribution is 4.99. The molecular weight excluding hydrogens is 212 g/mol. The van der Waals surface area contributed by atoms with Crippen LogP contribution in [0.25, 0.3) is 0 Å². The number of rotatable bonds is 4. The fourth-order valence-corrected chi connectivity index (χ4v) is 2.45. The Labute approximate surface area is 104 Å². The number of aryl methyl sites for hydroxylation is 1. The summed E-state index contributed by atoms with van der Waals surface area (Å²) in [5.74, 6) is 0. The Hall–Kier alpha value is -0.870. The van der Waals surface area contributed by atoms with Crippen molar-refractivity contribution in [2.75, 3.05) is 20.1 Å². The van der Waals surface area contributed by atoms with E-state index >= 15 is 0 Å². The fraction of sp³-hybridized carbons (Fsp3) is 0.769. The summed E-state index contributed by atoms with van der Waals surface area (Å²) in [6, 6.07) is 1.38. The van der Waals surface area contributed by atoms with Crippen LogP contribution in [0.5, 0.6) is 0 Å². The summed E-state index contributed by atoms with van der Waals surface area (Å²) >= 11 is 0. The molecule has 4 nitrogen and oxygen atoms in total. The SMILES string of the molecule is Cc1cnn(CCNC2CCN(C)C(C)C2)c1. The highest BCUT2D eigenvalue weighted by Gasteiger charge is 2.21. The molecule has 0 spiro atoms. The molecule has 1 aliphatic rings. The van der Waals surface area contributed by atoms with Gasteiger partial charge in [-0.05, 0) is 45.8 Å². The molecular formula is C13H24N4. The third kappa shape index (κ3) is 3.54. The Balaban J connectivity index is 1.69. The second-order valence-corrected chi connectivity index (χ2v) is 5.29. The van der Waals surface area contributed by atoms with E-state index in [1.807, 2.05) is 10.9 Å². The van der Waals surface area contributed by atoms with E-state index < -0.39 is 0 Å². The highest BCUT2D eigenvalue weighted by atomic mass is 15.3. The third-order valence-electron chi connectivity index (χ3n) is 3.74. The van der Waals surface area contributed by atoms with Gasteiger partial charge in [0.05, 0.1) is 12.7 Å². The first-order chi connectivity index (χ1) is 8.15. The summed E-state index contributed by atoms with van der Waals surface area (Å²) in [6.07, 6.45) is 6.53. The Morgan fingerprint density at radius 2 is 2.35 bits per heavy atom. The molecule has 1 aromatic rings. The average Bonchev–Trinajstić information content (AvgIpc) is 2.70. The lowest BCUT2D eigenvalue weighted by Crippen LogP contribution is -2.46. The van der Waals surface area contributed by atoms with Crippen molar-refractivity contribution in [2.45, 2.75) is 45.3 Å². The molecule has 2 heterocycles. The van der Waals surface area contributed by atoms with Crippen molar-refractivity contribution in [1.29, 1.82) is 0 Å². The Bertz CT molecular complexity index is 347. The van der Waals surface area contributed by atoms with Crippen molar-refractivity contribution in [3.63, 3.8) is 0 Å². The van der Waals surface area contributed by atoms with E-state index in [-0.39, 0.29) is 0 Å². The average molecular weight is 236 g/mol. The van der Waals surface area contributed by atoms with Gasteiger partial charge in [0, 0.05) is 24.8 Å². The number of aromatic nitrogens is 2. The molecule has 1 aliphatic heterocycles. The molecule has 4 heteroatoms. The maximum Gasteiger partial charge on any atom is 0.0534 e. The lowest BCUT2D eigenvalue weighted by molar-refractivity contribution is 0.168. The van der Waals surface area contributed by atoms with Gasteiger partial charge in [-0.1, -0.05) is 0 Å². The number of piperidine rings is 1. The van der Waals surface area contributed by atoms with Crippen LogP contribution in [0.3, 0.4) is 0 Å². The van der Waals surface area contributed by atoms with Gasteiger partial charge >= 0.3 is 0 Å². The fourth-order valence-electron chi connectivity index (χ4n) is 2.45. The first kappa shape index (κ1) is 12.6. The number of nitrogens with one attached hydrogen (secondary N) is 1. The predicted octanol–water partition coefficient (Wildman–Crippen LogP) is 1.26. The summed E-state index contributed by atoms with van der Waals surface area (Å²) in [5, 5.41) is 7.94. The minimum atomic E-state index is 0.679. The lowest BCUT2D eigenvalue weighted by atomic mass is 9.99. The second kappa shape index (κ2) is 5.65. The van der Waals surface area contributed by atoms with E-state index in [2.05, 4.69) is 42.4 Å². The zero-order chi connectivity index (χ0) is 12.3. The third-order valence-corrected chi connectivity index (χ3v) is 3.74. The molecule has 0 amide bonds. The highest BCUT2D eigenvalue weighted by Crippen LogP contribution is 2.14. The van der Waals surface area contributed by atoms with Gasteiger partial charge in [-0.2, -0.15) is 5.10 Å². The van der Waals surface area contributed by atoms with Crippen molar-refractivity contribution in [3.8, 4) is 0 Å². The summed E-state index contributed by atoms with van der Waals surface area (Å²) in [4.78, 5) is 2.44. The van der Waals surface area contributed by atoms with Crippen LogP contribution in [0, 0.1) is 6.92 Å². The van der Waals surface area contributed by atoms with Crippen LogP contribution in [0.15, 0.2) is 12.4 Å². The predicted molar refractivity (Wildman–Crippen MR) is 70.1 cm³/mol. The quantitative estimate of drug-likeness (QED) is 0.854. The maximum atomic E-state index is 4.29. The van der Waals surface area contributed by atoms with Crippen molar-refractivity contribution in [2.24, 2.45) is 0 Å². The first-order valence-corrected chi connectivity index (χ1v) is 6.58. The van der Waals surface area contributed by atoms with E-state index in [9.17, 15) is 0 Å². The molecule has 1 aromatic heterocycles. The van der Waals surface area contributed by atoms with Crippen LogP contribution < -0.4 is 5.32 Å². The summed E-state index contributed by atoms with van der Waals surface area (Å²) in [6.45, 7) is 7.58. The van der Waals surface area contributed by atoms with E-state index in [1.54, 1.807) is 0 Å². The smallest absolute Gasteiger partial charge is 0.0534 e. The van der Waals surface area contributed by atoms with Gasteiger partial charge in [0.25, 0.3) is 0 Å². The second-order valence-electron chi connectivity index (χ2n) is 5.29. The Kier molecular flexibility index (Phi) is 4.18. The largest absolute Gasteiger partial charge is 0.312 e. The summed E-state index contributed by atoms with van der Waals surface area (Å²) in [7, 11) is 2.22. The molecule has 96 valence electrons. The van der Waals surface area contributed by atoms with E-state index in [0.29, 0.717) is 12.1 Å². The number of hydrogen-bond acceptors (Lipinski definition) is 3. The van der Waals surface area contributed by atoms with Crippen LogP contribution in [-0.2, 0) is 6.54 Å². The Morgan fingerprint density at radius 1 is 1.53 bits per heavy atom. The molecule has 2 atom stereocenters. The zero-order valence-electron chi connectivity index (χ0n) is 11.2. The summed E-state index contributed by atoms with van der Waals surface area (Å²) < 4.78 is 2.01. The van der Waals surface area contributed by atoms with Crippen LogP contribution in [0.2, 0.25) is 0 Å². The van der Waals surface area contributed by atoms with Gasteiger partial charge in [0.1, 0.15) is 0 Å². The van der Waals surface area contributed by atoms with Gasteiger partial charge in [-0.15, -0.1) is 0 Å². The van der Waals surface area contributed by atoms with Crippen molar-refractivity contribution < 1.29 is 0 Å². The molecule has 1 fully saturated rings. The molecule has 0 saturated carbocycles. The normalized spacial score (nSPS) is 26.3. The number of likely N-dealkylation sites (tertiary alicyclic amines) is 1. The standard InChI is InChI=1S/C13H24N4/c1-11-9-15-17(10-11)7-5-14-13-4-6-16(3)12(2)8-13/h9-10,12-14H,4-8H2,1-3H3. The van der Waals surface area contributed by atoms with Crippen LogP contribution in [0.1, 0.15) is 25.3 Å². The van der Waals surface area contributed by atoms with Crippen LogP contribution in [0.4, 0.5) is 0 Å². The zero-order valence-corrected chi connectivity index (χ0v) is 11.2. The molecule has 0 aromatic carbocycles. The minimum absolute atomic E-state index is 0.679. The van der Waals surface area contributed by atoms with E-state index in [4.69, 9.17) is 0 Å². The van der Waals surface area contributed by atoms with Gasteiger partial charge in [0.2, 0.25) is 0 Å². The van der Waals surface area contributed by atoms with Crippen LogP contribution >= 0.6 is 0 Å². The molecule has 2 unspecified atom stereocenters. The van der Waals surface area contributed by atoms with E-state index in [0.717, 1.165) is 13.1 Å². The molecule has 1 saturated heterocycles. The maximum absolute atomic E-state index is 4.29. The van der Waals surface area contributed by atoms with Crippen molar-refractivity contribution in [3.05, 3.63) is 18.0 Å². The summed E-state index contributed by atoms with van der Waals surface area (Å²) in [5.41, 5.74) is 1.23. The molecule has 0 aliphatic carbocycles. The first-order valence-electron chi connectivity index (χ1n) is 6.58. The van der Waals surface area contributed by atoms with Gasteiger partial charge in [-0.3, -0.25) is 4.68 Å².